The number of hydrogen-bond donors (Lipinski definition) is 1. The minimum absolute atomic E-state index is 0.0615. The van der Waals surface area contributed by atoms with Crippen LogP contribution in [0.1, 0.15) is 25.1 Å². The molecule has 2 aliphatic heterocycles. The van der Waals surface area contributed by atoms with Crippen molar-refractivity contribution in [1.82, 2.24) is 14.9 Å². The summed E-state index contributed by atoms with van der Waals surface area (Å²) in [5.74, 6) is 0.926. The minimum atomic E-state index is 0.0615. The van der Waals surface area contributed by atoms with Gasteiger partial charge in [-0.1, -0.05) is 22.4 Å². The number of nitrogens with zero attached hydrogens (tertiary/aromatic N) is 2. The average molecular weight is 334 g/mol. The van der Waals surface area contributed by atoms with Crippen LogP contribution >= 0.6 is 15.9 Å². The van der Waals surface area contributed by atoms with E-state index in [0.29, 0.717) is 5.39 Å². The molecule has 1 saturated heterocycles. The van der Waals surface area contributed by atoms with Crippen LogP contribution in [-0.4, -0.2) is 21.6 Å². The monoisotopic (exact) mass is 333 g/mol. The quantitative estimate of drug-likeness (QED) is 0.804. The summed E-state index contributed by atoms with van der Waals surface area (Å²) in [6.07, 6.45) is 4.47. The van der Waals surface area contributed by atoms with Crippen LogP contribution in [0.4, 0.5) is 0 Å². The summed E-state index contributed by atoms with van der Waals surface area (Å²) in [5, 5.41) is 4.34. The van der Waals surface area contributed by atoms with Gasteiger partial charge in [0.15, 0.2) is 0 Å². The van der Waals surface area contributed by atoms with Crippen LogP contribution in [0, 0.1) is 0 Å². The van der Waals surface area contributed by atoms with E-state index in [4.69, 9.17) is 4.98 Å². The van der Waals surface area contributed by atoms with Crippen molar-refractivity contribution in [3.63, 3.8) is 0 Å². The fourth-order valence-electron chi connectivity index (χ4n) is 3.52. The highest BCUT2D eigenvalue weighted by atomic mass is 79.9. The van der Waals surface area contributed by atoms with Gasteiger partial charge in [0.2, 0.25) is 0 Å². The van der Waals surface area contributed by atoms with Gasteiger partial charge in [-0.3, -0.25) is 9.36 Å². The lowest BCUT2D eigenvalue weighted by Crippen LogP contribution is -2.50. The van der Waals surface area contributed by atoms with Crippen molar-refractivity contribution in [2.45, 2.75) is 37.8 Å². The highest BCUT2D eigenvalue weighted by molar-refractivity contribution is 9.10. The summed E-state index contributed by atoms with van der Waals surface area (Å²) >= 11 is 3.45. The number of halogens is 1. The molecule has 5 heteroatoms. The van der Waals surface area contributed by atoms with Gasteiger partial charge in [0.25, 0.3) is 5.56 Å². The topological polar surface area (TPSA) is 46.9 Å². The maximum Gasteiger partial charge on any atom is 0.261 e. The Labute approximate surface area is 125 Å². The van der Waals surface area contributed by atoms with Crippen LogP contribution in [0.5, 0.6) is 0 Å². The van der Waals surface area contributed by atoms with E-state index < -0.39 is 0 Å². The molecule has 3 heterocycles. The smallest absolute Gasteiger partial charge is 0.261 e. The second kappa shape index (κ2) is 4.40. The second-order valence-corrected chi connectivity index (χ2v) is 6.84. The number of hydrogen-bond acceptors (Lipinski definition) is 3. The molecule has 0 aliphatic carbocycles. The molecule has 4 rings (SSSR count). The van der Waals surface area contributed by atoms with Gasteiger partial charge in [0.05, 0.1) is 10.9 Å². The Bertz CT molecular complexity index is 747. The van der Waals surface area contributed by atoms with Crippen molar-refractivity contribution in [2.24, 2.45) is 0 Å². The van der Waals surface area contributed by atoms with E-state index in [1.54, 1.807) is 0 Å². The Morgan fingerprint density at radius 3 is 3.05 bits per heavy atom. The number of fused-ring (bicyclic) bond motifs is 2. The van der Waals surface area contributed by atoms with Gasteiger partial charge >= 0.3 is 0 Å². The van der Waals surface area contributed by atoms with Crippen LogP contribution in [0.2, 0.25) is 0 Å². The first-order valence-electron chi connectivity index (χ1n) is 7.11. The molecule has 1 fully saturated rings. The predicted molar refractivity (Wildman–Crippen MR) is 82.0 cm³/mol. The van der Waals surface area contributed by atoms with Crippen molar-refractivity contribution in [1.29, 1.82) is 0 Å². The maximum atomic E-state index is 12.6. The van der Waals surface area contributed by atoms with Crippen LogP contribution in [0.25, 0.3) is 10.9 Å². The van der Waals surface area contributed by atoms with Gasteiger partial charge in [-0.25, -0.2) is 4.98 Å². The number of rotatable bonds is 0. The molecule has 1 N–H and O–H groups in total. The Morgan fingerprint density at radius 1 is 1.35 bits per heavy atom. The molecule has 1 aromatic carbocycles. The average Bonchev–Trinajstić information content (AvgIpc) is 2.77. The molecule has 1 unspecified atom stereocenters. The molecule has 1 atom stereocenters. The standard InChI is InChI=1S/C15H16BrN3O/c16-10-3-4-11-12(7-10)18-13-8-15(5-1-2-6-17-15)9-19(13)14(11)20/h3-4,7,17H,1-2,5-6,8-9H2. The summed E-state index contributed by atoms with van der Waals surface area (Å²) in [6, 6.07) is 5.69. The number of nitrogens with one attached hydrogen (secondary N) is 1. The molecule has 104 valence electrons. The second-order valence-electron chi connectivity index (χ2n) is 5.92. The molecule has 0 radical (unpaired) electrons. The van der Waals surface area contributed by atoms with Crippen molar-refractivity contribution in [3.8, 4) is 0 Å². The zero-order chi connectivity index (χ0) is 13.7. The molecule has 0 amide bonds. The van der Waals surface area contributed by atoms with Crippen LogP contribution < -0.4 is 10.9 Å². The lowest BCUT2D eigenvalue weighted by molar-refractivity contribution is 0.248. The summed E-state index contributed by atoms with van der Waals surface area (Å²) in [4.78, 5) is 17.4. The molecule has 20 heavy (non-hydrogen) atoms. The van der Waals surface area contributed by atoms with Crippen molar-refractivity contribution >= 4 is 26.8 Å². The lowest BCUT2D eigenvalue weighted by atomic mass is 9.88. The maximum absolute atomic E-state index is 12.6. The zero-order valence-corrected chi connectivity index (χ0v) is 12.7. The predicted octanol–water partition coefficient (Wildman–Crippen LogP) is 2.23. The van der Waals surface area contributed by atoms with Crippen LogP contribution in [0.3, 0.4) is 0 Å². The largest absolute Gasteiger partial charge is 0.309 e. The third-order valence-corrected chi connectivity index (χ3v) is 5.03. The summed E-state index contributed by atoms with van der Waals surface area (Å²) < 4.78 is 2.83. The fourth-order valence-corrected chi connectivity index (χ4v) is 3.86. The number of benzene rings is 1. The lowest BCUT2D eigenvalue weighted by Gasteiger charge is -2.33. The molecule has 0 bridgehead atoms. The van der Waals surface area contributed by atoms with E-state index >= 15 is 0 Å². The molecular formula is C15H16BrN3O. The molecule has 1 aromatic heterocycles. The highest BCUT2D eigenvalue weighted by Crippen LogP contribution is 2.30. The Hall–Kier alpha value is -1.20. The third-order valence-electron chi connectivity index (χ3n) is 4.54. The number of piperidine rings is 1. The van der Waals surface area contributed by atoms with E-state index in [1.165, 1.54) is 12.8 Å². The van der Waals surface area contributed by atoms with Gasteiger partial charge in [-0.05, 0) is 37.6 Å². The minimum Gasteiger partial charge on any atom is -0.309 e. The third kappa shape index (κ3) is 1.84. The molecule has 1 spiro atoms. The SMILES string of the molecule is O=c1c2ccc(Br)cc2nc2n1CC1(CCCCN1)C2. The summed E-state index contributed by atoms with van der Waals surface area (Å²) in [5.41, 5.74) is 0.955. The Kier molecular flexibility index (Phi) is 2.76. The Balaban J connectivity index is 1.87. The van der Waals surface area contributed by atoms with Crippen molar-refractivity contribution in [2.75, 3.05) is 6.54 Å². The van der Waals surface area contributed by atoms with E-state index in [-0.39, 0.29) is 11.1 Å². The van der Waals surface area contributed by atoms with Crippen LogP contribution in [0.15, 0.2) is 27.5 Å². The molecular weight excluding hydrogens is 318 g/mol. The fraction of sp³-hybridized carbons (Fsp3) is 0.467. The molecule has 4 nitrogen and oxygen atoms in total. The first kappa shape index (κ1) is 12.5. The zero-order valence-electron chi connectivity index (χ0n) is 11.2. The van der Waals surface area contributed by atoms with Gasteiger partial charge < -0.3 is 5.32 Å². The van der Waals surface area contributed by atoms with Crippen molar-refractivity contribution in [3.05, 3.63) is 38.9 Å². The van der Waals surface area contributed by atoms with Crippen LogP contribution in [-0.2, 0) is 13.0 Å². The van der Waals surface area contributed by atoms with Gasteiger partial charge in [0.1, 0.15) is 5.82 Å². The van der Waals surface area contributed by atoms with Gasteiger partial charge in [-0.15, -0.1) is 0 Å². The van der Waals surface area contributed by atoms with E-state index in [9.17, 15) is 4.79 Å². The first-order valence-corrected chi connectivity index (χ1v) is 7.90. The number of aromatic nitrogens is 2. The molecule has 0 saturated carbocycles. The van der Waals surface area contributed by atoms with E-state index in [1.807, 2.05) is 22.8 Å². The van der Waals surface area contributed by atoms with Gasteiger partial charge in [-0.2, -0.15) is 0 Å². The summed E-state index contributed by atoms with van der Waals surface area (Å²) in [7, 11) is 0. The first-order chi connectivity index (χ1) is 9.67. The molecule has 2 aromatic rings. The Morgan fingerprint density at radius 2 is 2.25 bits per heavy atom. The molecule has 2 aliphatic rings. The normalized spacial score (nSPS) is 25.2. The van der Waals surface area contributed by atoms with Gasteiger partial charge in [0, 0.05) is 23.0 Å². The van der Waals surface area contributed by atoms with Crippen molar-refractivity contribution < 1.29 is 0 Å². The highest BCUT2D eigenvalue weighted by Gasteiger charge is 2.39. The summed E-state index contributed by atoms with van der Waals surface area (Å²) in [6.45, 7) is 1.81. The van der Waals surface area contributed by atoms with E-state index in [0.717, 1.165) is 41.7 Å². The van der Waals surface area contributed by atoms with E-state index in [2.05, 4.69) is 21.2 Å².